The maximum Gasteiger partial charge on any atom is 0.0434 e. The topological polar surface area (TPSA) is 0 Å². The van der Waals surface area contributed by atoms with Gasteiger partial charge in [0.05, 0.1) is 0 Å². The highest BCUT2D eigenvalue weighted by atomic mass is 32.1. The van der Waals surface area contributed by atoms with Crippen molar-refractivity contribution in [3.8, 4) is 33.4 Å². The molecule has 12 aromatic carbocycles. The summed E-state index contributed by atoms with van der Waals surface area (Å²) in [5.41, 5.74) is 7.82. The van der Waals surface area contributed by atoms with Crippen molar-refractivity contribution in [3.63, 3.8) is 0 Å². The molecule has 0 fully saturated rings. The Balaban J connectivity index is 1.03. The first-order chi connectivity index (χ1) is 28.8. The lowest BCUT2D eigenvalue weighted by molar-refractivity contribution is 1.71. The van der Waals surface area contributed by atoms with E-state index in [1.165, 1.54) is 138 Å². The van der Waals surface area contributed by atoms with Gasteiger partial charge in [-0.25, -0.2) is 0 Å². The van der Waals surface area contributed by atoms with E-state index < -0.39 is 0 Å². The van der Waals surface area contributed by atoms with Gasteiger partial charge in [0.2, 0.25) is 0 Å². The van der Waals surface area contributed by atoms with Crippen LogP contribution in [0.2, 0.25) is 0 Å². The monoisotopic (exact) mass is 766 g/mol. The quantitative estimate of drug-likeness (QED) is 0.157. The Morgan fingerprint density at radius 1 is 0.224 bits per heavy atom. The molecule has 0 aliphatic rings. The molecular formula is C56H30S2. The Morgan fingerprint density at radius 3 is 0.897 bits per heavy atom. The minimum Gasteiger partial charge on any atom is -0.135 e. The summed E-state index contributed by atoms with van der Waals surface area (Å²) in [6.45, 7) is 0. The van der Waals surface area contributed by atoms with Crippen LogP contribution in [-0.4, -0.2) is 0 Å². The second-order valence-electron chi connectivity index (χ2n) is 15.9. The summed E-state index contributed by atoms with van der Waals surface area (Å²) in [5, 5.41) is 21.1. The molecule has 0 saturated carbocycles. The van der Waals surface area contributed by atoms with Gasteiger partial charge in [-0.1, -0.05) is 146 Å². The molecule has 0 saturated heterocycles. The van der Waals surface area contributed by atoms with Gasteiger partial charge in [0.1, 0.15) is 0 Å². The molecule has 2 aromatic heterocycles. The predicted octanol–water partition coefficient (Wildman–Crippen LogP) is 17.2. The van der Waals surface area contributed by atoms with Crippen LogP contribution in [0, 0.1) is 0 Å². The van der Waals surface area contributed by atoms with Crippen LogP contribution in [0.5, 0.6) is 0 Å². The number of thiophene rings is 2. The van der Waals surface area contributed by atoms with Crippen molar-refractivity contribution in [2.75, 3.05) is 0 Å². The fraction of sp³-hybridized carbons (Fsp3) is 0. The van der Waals surface area contributed by atoms with E-state index in [1.807, 2.05) is 22.7 Å². The fourth-order valence-corrected chi connectivity index (χ4v) is 13.0. The van der Waals surface area contributed by atoms with E-state index in [1.54, 1.807) is 0 Å². The minimum atomic E-state index is 1.28. The Kier molecular flexibility index (Phi) is 6.14. The molecule has 2 heteroatoms. The van der Waals surface area contributed by atoms with Gasteiger partial charge in [-0.3, -0.25) is 0 Å². The molecule has 58 heavy (non-hydrogen) atoms. The van der Waals surface area contributed by atoms with Crippen molar-refractivity contribution >= 4 is 128 Å². The molecule has 0 N–H and O–H groups in total. The Morgan fingerprint density at radius 2 is 0.517 bits per heavy atom. The van der Waals surface area contributed by atoms with E-state index >= 15 is 0 Å². The predicted molar refractivity (Wildman–Crippen MR) is 256 cm³/mol. The standard InChI is InChI=1S/C56H30S2/c1-3-25-49-35(15-1)41-21-9-23-43(55(41)57-49)45-27-31-11-7-19-39-47(29-33-13-5-17-37(45)51(33)53(31)39)48-30-34-14-6-18-38-46(28-32-12-8-20-40(48)54(32)52(34)38)44-24-10-22-42-36-16-2-4-26-50(36)58-56(42)44/h1-30H. The second-order valence-corrected chi connectivity index (χ2v) is 18.0. The average molecular weight is 767 g/mol. The summed E-state index contributed by atoms with van der Waals surface area (Å²) in [7, 11) is 0. The summed E-state index contributed by atoms with van der Waals surface area (Å²) in [5.74, 6) is 0. The maximum atomic E-state index is 2.47. The van der Waals surface area contributed by atoms with Crippen molar-refractivity contribution in [2.45, 2.75) is 0 Å². The lowest BCUT2D eigenvalue weighted by atomic mass is 9.82. The highest BCUT2D eigenvalue weighted by Gasteiger charge is 2.22. The zero-order valence-corrected chi connectivity index (χ0v) is 32.8. The maximum absolute atomic E-state index is 2.47. The normalized spacial score (nSPS) is 12.5. The van der Waals surface area contributed by atoms with Gasteiger partial charge >= 0.3 is 0 Å². The minimum absolute atomic E-state index is 1.28. The molecule has 0 aliphatic heterocycles. The lowest BCUT2D eigenvalue weighted by Gasteiger charge is -2.21. The van der Waals surface area contributed by atoms with Crippen LogP contribution in [-0.2, 0) is 0 Å². The van der Waals surface area contributed by atoms with Gasteiger partial charge in [0, 0.05) is 51.5 Å². The van der Waals surface area contributed by atoms with Gasteiger partial charge < -0.3 is 0 Å². The van der Waals surface area contributed by atoms with Gasteiger partial charge in [-0.2, -0.15) is 0 Å². The van der Waals surface area contributed by atoms with Gasteiger partial charge in [-0.05, 0) is 123 Å². The van der Waals surface area contributed by atoms with Gasteiger partial charge in [0.15, 0.2) is 0 Å². The van der Waals surface area contributed by atoms with Crippen LogP contribution in [0.25, 0.3) is 138 Å². The molecule has 14 aromatic rings. The number of fused-ring (bicyclic) bond motifs is 6. The molecular weight excluding hydrogens is 737 g/mol. The van der Waals surface area contributed by atoms with E-state index in [0.29, 0.717) is 0 Å². The number of hydrogen-bond donors (Lipinski definition) is 0. The third-order valence-corrected chi connectivity index (χ3v) is 15.4. The highest BCUT2D eigenvalue weighted by molar-refractivity contribution is 7.26. The van der Waals surface area contributed by atoms with E-state index in [2.05, 4.69) is 182 Å². The van der Waals surface area contributed by atoms with Crippen molar-refractivity contribution in [3.05, 3.63) is 182 Å². The molecule has 0 aliphatic carbocycles. The van der Waals surface area contributed by atoms with E-state index in [4.69, 9.17) is 0 Å². The zero-order chi connectivity index (χ0) is 37.6. The molecule has 0 radical (unpaired) electrons. The van der Waals surface area contributed by atoms with Crippen LogP contribution >= 0.6 is 22.7 Å². The average Bonchev–Trinajstić information content (AvgIpc) is 3.86. The smallest absolute Gasteiger partial charge is 0.0434 e. The molecule has 0 bridgehead atoms. The van der Waals surface area contributed by atoms with Crippen molar-refractivity contribution < 1.29 is 0 Å². The number of rotatable bonds is 3. The Hall–Kier alpha value is -6.84. The molecule has 0 spiro atoms. The molecule has 0 unspecified atom stereocenters. The van der Waals surface area contributed by atoms with Crippen molar-refractivity contribution in [2.24, 2.45) is 0 Å². The first-order valence-corrected chi connectivity index (χ1v) is 21.6. The van der Waals surface area contributed by atoms with Crippen LogP contribution in [0.4, 0.5) is 0 Å². The summed E-state index contributed by atoms with van der Waals surface area (Å²) >= 11 is 3.82. The van der Waals surface area contributed by atoms with Crippen LogP contribution < -0.4 is 0 Å². The molecule has 0 nitrogen and oxygen atoms in total. The summed E-state index contributed by atoms with van der Waals surface area (Å²) in [6, 6.07) is 68.9. The van der Waals surface area contributed by atoms with E-state index in [9.17, 15) is 0 Å². The fourth-order valence-electron chi connectivity index (χ4n) is 10.5. The zero-order valence-electron chi connectivity index (χ0n) is 31.1. The van der Waals surface area contributed by atoms with E-state index in [0.717, 1.165) is 0 Å². The summed E-state index contributed by atoms with van der Waals surface area (Å²) in [6.07, 6.45) is 0. The Labute approximate surface area is 341 Å². The largest absolute Gasteiger partial charge is 0.135 e. The molecule has 0 amide bonds. The third-order valence-electron chi connectivity index (χ3n) is 12.9. The first-order valence-electron chi connectivity index (χ1n) is 20.0. The molecule has 0 atom stereocenters. The second kappa shape index (κ2) is 11.4. The van der Waals surface area contributed by atoms with Gasteiger partial charge in [-0.15, -0.1) is 22.7 Å². The first kappa shape index (κ1) is 31.3. The lowest BCUT2D eigenvalue weighted by Crippen LogP contribution is -1.93. The SMILES string of the molecule is c1ccc2c(c1)sc1c(-c3cc4cccc5c(-c6cc7cccc8c(-c9cccc%10c9sc9ccccc9%10)cc9cccc6c9c78)cc6cccc3c6c45)cccc12. The third kappa shape index (κ3) is 4.08. The molecule has 266 valence electrons. The molecule has 2 heterocycles. The van der Waals surface area contributed by atoms with Crippen LogP contribution in [0.3, 0.4) is 0 Å². The highest BCUT2D eigenvalue weighted by Crippen LogP contribution is 2.51. The Bertz CT molecular complexity index is 3760. The van der Waals surface area contributed by atoms with E-state index in [-0.39, 0.29) is 0 Å². The van der Waals surface area contributed by atoms with Gasteiger partial charge in [0.25, 0.3) is 0 Å². The van der Waals surface area contributed by atoms with Crippen molar-refractivity contribution in [1.82, 2.24) is 0 Å². The summed E-state index contributed by atoms with van der Waals surface area (Å²) in [4.78, 5) is 0. The number of hydrogen-bond acceptors (Lipinski definition) is 2. The number of benzene rings is 12. The van der Waals surface area contributed by atoms with Crippen LogP contribution in [0.1, 0.15) is 0 Å². The molecule has 14 rings (SSSR count). The van der Waals surface area contributed by atoms with Crippen LogP contribution in [0.15, 0.2) is 182 Å². The van der Waals surface area contributed by atoms with Crippen molar-refractivity contribution in [1.29, 1.82) is 0 Å². The summed E-state index contributed by atoms with van der Waals surface area (Å²) < 4.78 is 5.39.